The first-order valence-electron chi connectivity index (χ1n) is 19.9. The van der Waals surface area contributed by atoms with E-state index in [0.29, 0.717) is 11.5 Å². The van der Waals surface area contributed by atoms with Crippen LogP contribution in [0.25, 0.3) is 56.2 Å². The monoisotopic (exact) mass is 734 g/mol. The van der Waals surface area contributed by atoms with Crippen molar-refractivity contribution < 1.29 is 18.5 Å². The summed E-state index contributed by atoms with van der Waals surface area (Å²) in [5.74, 6) is 3.00. The van der Waals surface area contributed by atoms with Crippen molar-refractivity contribution in [2.75, 3.05) is 13.2 Å². The van der Waals surface area contributed by atoms with Crippen molar-refractivity contribution >= 4 is 22.8 Å². The first-order chi connectivity index (χ1) is 26.2. The van der Waals surface area contributed by atoms with Crippen LogP contribution in [-0.2, 0) is 0 Å². The van der Waals surface area contributed by atoms with E-state index in [9.17, 15) is 0 Å². The second kappa shape index (κ2) is 20.7. The Balaban J connectivity index is 1.01. The SMILES string of the molecule is CCCCCCCCCCOc1ccc(-c2cc(-c3ccc(-c4cc(-c5ccc(OCCCCCCCCCC)cc5)no4)c4nsnc34)on2)cc1. The van der Waals surface area contributed by atoms with Crippen molar-refractivity contribution in [3.63, 3.8) is 0 Å². The minimum atomic E-state index is 0.627. The summed E-state index contributed by atoms with van der Waals surface area (Å²) in [7, 11) is 0. The summed E-state index contributed by atoms with van der Waals surface area (Å²) < 4.78 is 32.9. The van der Waals surface area contributed by atoms with Gasteiger partial charge in [0.1, 0.15) is 33.9 Å². The van der Waals surface area contributed by atoms with Gasteiger partial charge in [0.15, 0.2) is 11.5 Å². The molecule has 0 amide bonds. The van der Waals surface area contributed by atoms with Gasteiger partial charge >= 0.3 is 0 Å². The number of rotatable bonds is 24. The highest BCUT2D eigenvalue weighted by Gasteiger charge is 2.20. The average molecular weight is 735 g/mol. The topological polar surface area (TPSA) is 96.3 Å². The maximum Gasteiger partial charge on any atom is 0.169 e. The molecule has 0 radical (unpaired) electrons. The zero-order chi connectivity index (χ0) is 36.5. The quantitative estimate of drug-likeness (QED) is 0.0567. The van der Waals surface area contributed by atoms with E-state index < -0.39 is 0 Å². The van der Waals surface area contributed by atoms with Gasteiger partial charge in [-0.3, -0.25) is 0 Å². The molecule has 0 saturated heterocycles. The van der Waals surface area contributed by atoms with Gasteiger partial charge < -0.3 is 18.5 Å². The molecule has 0 saturated carbocycles. The van der Waals surface area contributed by atoms with Gasteiger partial charge in [-0.1, -0.05) is 114 Å². The van der Waals surface area contributed by atoms with Gasteiger partial charge in [-0.25, -0.2) is 0 Å². The van der Waals surface area contributed by atoms with Crippen LogP contribution in [0.4, 0.5) is 0 Å². The fourth-order valence-corrected chi connectivity index (χ4v) is 7.21. The predicted octanol–water partition coefficient (Wildman–Crippen LogP) is 13.4. The Kier molecular flexibility index (Phi) is 14.9. The number of unbranched alkanes of at least 4 members (excludes halogenated alkanes) is 14. The Hall–Kier alpha value is -4.50. The van der Waals surface area contributed by atoms with Gasteiger partial charge in [0.05, 0.1) is 24.9 Å². The summed E-state index contributed by atoms with van der Waals surface area (Å²) in [5.41, 5.74) is 6.53. The molecule has 0 atom stereocenters. The van der Waals surface area contributed by atoms with E-state index in [2.05, 4.69) is 32.9 Å². The van der Waals surface area contributed by atoms with Crippen molar-refractivity contribution in [1.29, 1.82) is 0 Å². The van der Waals surface area contributed by atoms with Crippen LogP contribution in [0.15, 0.2) is 81.8 Å². The molecule has 0 N–H and O–H groups in total. The molecule has 3 aromatic heterocycles. The Morgan fingerprint density at radius 2 is 0.849 bits per heavy atom. The average Bonchev–Trinajstić information content (AvgIpc) is 3.99. The normalized spacial score (nSPS) is 11.4. The molecule has 0 bridgehead atoms. The minimum absolute atomic E-state index is 0.627. The molecule has 9 heteroatoms. The van der Waals surface area contributed by atoms with E-state index in [0.717, 1.165) is 94.0 Å². The smallest absolute Gasteiger partial charge is 0.169 e. The predicted molar refractivity (Wildman–Crippen MR) is 215 cm³/mol. The zero-order valence-corrected chi connectivity index (χ0v) is 32.3. The molecule has 3 aromatic carbocycles. The fourth-order valence-electron chi connectivity index (χ4n) is 6.64. The maximum absolute atomic E-state index is 5.99. The number of nitrogens with zero attached hydrogens (tertiary/aromatic N) is 4. The van der Waals surface area contributed by atoms with Crippen LogP contribution in [0.1, 0.15) is 117 Å². The highest BCUT2D eigenvalue weighted by atomic mass is 32.1. The van der Waals surface area contributed by atoms with Gasteiger partial charge in [-0.05, 0) is 73.5 Å². The largest absolute Gasteiger partial charge is 0.494 e. The molecule has 0 aliphatic carbocycles. The van der Waals surface area contributed by atoms with E-state index in [1.54, 1.807) is 0 Å². The molecule has 0 unspecified atom stereocenters. The second-order valence-corrected chi connectivity index (χ2v) is 14.5. The summed E-state index contributed by atoms with van der Waals surface area (Å²) in [6, 6.07) is 23.9. The molecule has 6 rings (SSSR count). The lowest BCUT2D eigenvalue weighted by Crippen LogP contribution is -1.97. The third kappa shape index (κ3) is 11.0. The zero-order valence-electron chi connectivity index (χ0n) is 31.5. The molecular formula is C44H54N4O4S. The Labute approximate surface area is 318 Å². The summed E-state index contributed by atoms with van der Waals surface area (Å²) in [4.78, 5) is 0. The number of hydrogen-bond donors (Lipinski definition) is 0. The molecule has 8 nitrogen and oxygen atoms in total. The van der Waals surface area contributed by atoms with Gasteiger partial charge in [0.2, 0.25) is 0 Å². The molecule has 0 fully saturated rings. The Morgan fingerprint density at radius 1 is 0.472 bits per heavy atom. The first kappa shape index (κ1) is 38.2. The van der Waals surface area contributed by atoms with E-state index in [4.69, 9.17) is 18.5 Å². The van der Waals surface area contributed by atoms with Crippen molar-refractivity contribution in [3.8, 4) is 56.7 Å². The summed E-state index contributed by atoms with van der Waals surface area (Å²) in [6.45, 7) is 6.01. The first-order valence-corrected chi connectivity index (χ1v) is 20.6. The summed E-state index contributed by atoms with van der Waals surface area (Å²) in [6.07, 6.45) is 20.6. The molecule has 280 valence electrons. The third-order valence-electron chi connectivity index (χ3n) is 9.80. The van der Waals surface area contributed by atoms with Gasteiger partial charge in [-0.15, -0.1) is 0 Å². The Morgan fingerprint density at radius 3 is 1.25 bits per heavy atom. The summed E-state index contributed by atoms with van der Waals surface area (Å²) >= 11 is 1.16. The van der Waals surface area contributed by atoms with E-state index in [1.165, 1.54) is 89.9 Å². The highest BCUT2D eigenvalue weighted by Crippen LogP contribution is 2.37. The molecule has 0 spiro atoms. The lowest BCUT2D eigenvalue weighted by Gasteiger charge is -2.06. The number of benzene rings is 3. The van der Waals surface area contributed by atoms with E-state index >= 15 is 0 Å². The fraction of sp³-hybridized carbons (Fsp3) is 0.455. The lowest BCUT2D eigenvalue weighted by molar-refractivity contribution is 0.304. The Bertz CT molecular complexity index is 1790. The van der Waals surface area contributed by atoms with Gasteiger partial charge in [0, 0.05) is 34.4 Å². The highest BCUT2D eigenvalue weighted by molar-refractivity contribution is 7.00. The van der Waals surface area contributed by atoms with Crippen LogP contribution in [-0.4, -0.2) is 32.3 Å². The molecule has 53 heavy (non-hydrogen) atoms. The van der Waals surface area contributed by atoms with Crippen LogP contribution < -0.4 is 9.47 Å². The molecular weight excluding hydrogens is 681 g/mol. The van der Waals surface area contributed by atoms with Gasteiger partial charge in [-0.2, -0.15) is 8.75 Å². The number of aromatic nitrogens is 4. The molecule has 3 heterocycles. The molecule has 6 aromatic rings. The van der Waals surface area contributed by atoms with E-state index in [-0.39, 0.29) is 0 Å². The number of fused-ring (bicyclic) bond motifs is 1. The standard InChI is InChI=1S/C44H54N4O4S/c1-3-5-7-9-11-13-15-17-29-49-35-23-19-33(20-24-35)39-31-41(51-45-39)37-27-28-38(44-43(37)47-53-48-44)42-32-40(46-52-42)34-21-25-36(26-22-34)50-30-18-16-14-12-10-8-6-4-2/h19-28,31-32H,3-18,29-30H2,1-2H3. The van der Waals surface area contributed by atoms with Crippen LogP contribution in [0.2, 0.25) is 0 Å². The minimum Gasteiger partial charge on any atom is -0.494 e. The van der Waals surface area contributed by atoms with Crippen LogP contribution in [0.3, 0.4) is 0 Å². The van der Waals surface area contributed by atoms with Crippen LogP contribution in [0.5, 0.6) is 11.5 Å². The number of ether oxygens (including phenoxy) is 2. The van der Waals surface area contributed by atoms with Crippen molar-refractivity contribution in [1.82, 2.24) is 19.1 Å². The second-order valence-electron chi connectivity index (χ2n) is 14.0. The van der Waals surface area contributed by atoms with Crippen molar-refractivity contribution in [2.24, 2.45) is 0 Å². The van der Waals surface area contributed by atoms with Gasteiger partial charge in [0.25, 0.3) is 0 Å². The third-order valence-corrected chi connectivity index (χ3v) is 10.3. The van der Waals surface area contributed by atoms with E-state index in [1.807, 2.05) is 72.8 Å². The van der Waals surface area contributed by atoms with Crippen LogP contribution >= 0.6 is 11.7 Å². The van der Waals surface area contributed by atoms with Crippen LogP contribution in [0, 0.1) is 0 Å². The summed E-state index contributed by atoms with van der Waals surface area (Å²) in [5, 5.41) is 8.74. The lowest BCUT2D eigenvalue weighted by atomic mass is 10.0. The van der Waals surface area contributed by atoms with Crippen molar-refractivity contribution in [3.05, 3.63) is 72.8 Å². The number of hydrogen-bond acceptors (Lipinski definition) is 9. The van der Waals surface area contributed by atoms with Crippen molar-refractivity contribution in [2.45, 2.75) is 117 Å². The maximum atomic E-state index is 5.99. The molecule has 0 aliphatic rings. The molecule has 0 aliphatic heterocycles.